The third-order valence-corrected chi connectivity index (χ3v) is 3.87. The highest BCUT2D eigenvalue weighted by Gasteiger charge is 2.14. The fourth-order valence-electron chi connectivity index (χ4n) is 2.67. The Hall–Kier alpha value is -2.43. The molecule has 0 fully saturated rings. The fraction of sp³-hybridized carbons (Fsp3) is 0.421. The highest BCUT2D eigenvalue weighted by atomic mass is 16.1. The Balaban J connectivity index is 2.22. The lowest BCUT2D eigenvalue weighted by Crippen LogP contribution is -2.28. The zero-order chi connectivity index (χ0) is 17.5. The normalized spacial score (nSPS) is 10.5. The fourth-order valence-corrected chi connectivity index (χ4v) is 2.67. The quantitative estimate of drug-likeness (QED) is 0.836. The van der Waals surface area contributed by atoms with E-state index in [4.69, 9.17) is 0 Å². The van der Waals surface area contributed by atoms with E-state index in [2.05, 4.69) is 34.0 Å². The van der Waals surface area contributed by atoms with Gasteiger partial charge in [0, 0.05) is 25.0 Å². The van der Waals surface area contributed by atoms with Gasteiger partial charge in [-0.15, -0.1) is 0 Å². The number of anilines is 2. The Kier molecular flexibility index (Phi) is 6.29. The molecule has 1 heterocycles. The largest absolute Gasteiger partial charge is 0.341 e. The number of hydrogen-bond donors (Lipinski definition) is 1. The maximum atomic E-state index is 12.6. The van der Waals surface area contributed by atoms with Crippen LogP contribution in [0.15, 0.2) is 30.5 Å². The molecule has 128 valence electrons. The molecule has 2 aromatic rings. The first-order valence-corrected chi connectivity index (χ1v) is 8.52. The first-order chi connectivity index (χ1) is 11.6. The van der Waals surface area contributed by atoms with Gasteiger partial charge >= 0.3 is 0 Å². The van der Waals surface area contributed by atoms with Crippen LogP contribution in [0.2, 0.25) is 0 Å². The van der Waals surface area contributed by atoms with E-state index in [1.807, 2.05) is 32.0 Å². The molecule has 0 aliphatic rings. The van der Waals surface area contributed by atoms with E-state index in [0.29, 0.717) is 11.6 Å². The first-order valence-electron chi connectivity index (χ1n) is 8.52. The van der Waals surface area contributed by atoms with Gasteiger partial charge in [0.25, 0.3) is 5.91 Å². The Bertz CT molecular complexity index is 673. The Morgan fingerprint density at radius 1 is 1.08 bits per heavy atom. The van der Waals surface area contributed by atoms with E-state index in [-0.39, 0.29) is 5.91 Å². The zero-order valence-electron chi connectivity index (χ0n) is 15.0. The van der Waals surface area contributed by atoms with Crippen LogP contribution in [0.4, 0.5) is 11.6 Å². The number of para-hydroxylation sites is 1. The molecular weight excluding hydrogens is 300 g/mol. The van der Waals surface area contributed by atoms with Crippen LogP contribution >= 0.6 is 0 Å². The summed E-state index contributed by atoms with van der Waals surface area (Å²) >= 11 is 0. The average molecular weight is 326 g/mol. The Morgan fingerprint density at radius 3 is 2.29 bits per heavy atom. The van der Waals surface area contributed by atoms with E-state index in [1.165, 1.54) is 0 Å². The van der Waals surface area contributed by atoms with Gasteiger partial charge in [0.1, 0.15) is 5.69 Å². The number of amides is 1. The second-order valence-corrected chi connectivity index (χ2v) is 5.95. The van der Waals surface area contributed by atoms with Gasteiger partial charge in [-0.2, -0.15) is 0 Å². The topological polar surface area (TPSA) is 58.1 Å². The third kappa shape index (κ3) is 4.31. The zero-order valence-corrected chi connectivity index (χ0v) is 15.0. The number of carbonyl (C=O) groups excluding carboxylic acids is 1. The molecule has 5 nitrogen and oxygen atoms in total. The number of hydrogen-bond acceptors (Lipinski definition) is 4. The van der Waals surface area contributed by atoms with Crippen LogP contribution in [0.1, 0.15) is 48.3 Å². The smallest absolute Gasteiger partial charge is 0.274 e. The molecular formula is C19H26N4O. The molecule has 0 saturated heterocycles. The average Bonchev–Trinajstić information content (AvgIpc) is 2.58. The lowest BCUT2D eigenvalue weighted by atomic mass is 10.1. The number of carbonyl (C=O) groups is 1. The summed E-state index contributed by atoms with van der Waals surface area (Å²) in [5.41, 5.74) is 3.31. The Morgan fingerprint density at radius 2 is 1.71 bits per heavy atom. The van der Waals surface area contributed by atoms with Crippen LogP contribution in [0.5, 0.6) is 0 Å². The Labute approximate surface area is 144 Å². The van der Waals surface area contributed by atoms with Gasteiger partial charge in [-0.1, -0.05) is 32.0 Å². The van der Waals surface area contributed by atoms with Gasteiger partial charge in [-0.05, 0) is 43.9 Å². The molecule has 0 bridgehead atoms. The lowest BCUT2D eigenvalue weighted by Gasteiger charge is -2.21. The van der Waals surface area contributed by atoms with Crippen LogP contribution in [-0.2, 0) is 0 Å². The standard InChI is InChI=1S/C19H26N4O/c1-5-12-23(13-6-2)19-20-11-10-16(21-19)18(24)22-17-14(3)8-7-9-15(17)4/h7-11H,5-6,12-13H2,1-4H3,(H,22,24). The molecule has 0 spiro atoms. The summed E-state index contributed by atoms with van der Waals surface area (Å²) in [6.45, 7) is 9.99. The molecule has 0 aliphatic heterocycles. The number of aryl methyl sites for hydroxylation is 2. The first kappa shape index (κ1) is 17.9. The maximum Gasteiger partial charge on any atom is 0.274 e. The third-order valence-electron chi connectivity index (χ3n) is 3.87. The monoisotopic (exact) mass is 326 g/mol. The molecule has 24 heavy (non-hydrogen) atoms. The van der Waals surface area contributed by atoms with Crippen molar-refractivity contribution >= 4 is 17.5 Å². The summed E-state index contributed by atoms with van der Waals surface area (Å²) in [6, 6.07) is 7.61. The van der Waals surface area contributed by atoms with Crippen molar-refractivity contribution in [1.82, 2.24) is 9.97 Å². The second-order valence-electron chi connectivity index (χ2n) is 5.95. The minimum absolute atomic E-state index is 0.205. The summed E-state index contributed by atoms with van der Waals surface area (Å²) in [6.07, 6.45) is 3.69. The van der Waals surface area contributed by atoms with Crippen molar-refractivity contribution in [1.29, 1.82) is 0 Å². The van der Waals surface area contributed by atoms with Crippen molar-refractivity contribution in [3.05, 3.63) is 47.3 Å². The summed E-state index contributed by atoms with van der Waals surface area (Å²) in [7, 11) is 0. The van der Waals surface area contributed by atoms with Crippen LogP contribution in [-0.4, -0.2) is 29.0 Å². The number of aromatic nitrogens is 2. The number of benzene rings is 1. The highest BCUT2D eigenvalue weighted by Crippen LogP contribution is 2.20. The van der Waals surface area contributed by atoms with Crippen LogP contribution in [0, 0.1) is 13.8 Å². The molecule has 0 unspecified atom stereocenters. The summed E-state index contributed by atoms with van der Waals surface area (Å²) < 4.78 is 0. The lowest BCUT2D eigenvalue weighted by molar-refractivity contribution is 0.102. The molecule has 1 amide bonds. The summed E-state index contributed by atoms with van der Waals surface area (Å²) in [4.78, 5) is 23.5. The molecule has 0 radical (unpaired) electrons. The van der Waals surface area contributed by atoms with E-state index >= 15 is 0 Å². The summed E-state index contributed by atoms with van der Waals surface area (Å²) in [5, 5.41) is 2.98. The predicted octanol–water partition coefficient (Wildman–Crippen LogP) is 3.97. The van der Waals surface area contributed by atoms with Crippen LogP contribution in [0.25, 0.3) is 0 Å². The van der Waals surface area contributed by atoms with Crippen molar-refractivity contribution in [3.63, 3.8) is 0 Å². The van der Waals surface area contributed by atoms with Crippen molar-refractivity contribution in [3.8, 4) is 0 Å². The minimum Gasteiger partial charge on any atom is -0.341 e. The van der Waals surface area contributed by atoms with Crippen LogP contribution < -0.4 is 10.2 Å². The molecule has 5 heteroatoms. The van der Waals surface area contributed by atoms with E-state index in [0.717, 1.165) is 42.7 Å². The van der Waals surface area contributed by atoms with Crippen LogP contribution in [0.3, 0.4) is 0 Å². The molecule has 1 aromatic carbocycles. The predicted molar refractivity (Wildman–Crippen MR) is 98.7 cm³/mol. The van der Waals surface area contributed by atoms with E-state index < -0.39 is 0 Å². The maximum absolute atomic E-state index is 12.6. The molecule has 0 atom stereocenters. The number of rotatable bonds is 7. The van der Waals surface area contributed by atoms with E-state index in [9.17, 15) is 4.79 Å². The van der Waals surface area contributed by atoms with Crippen molar-refractivity contribution in [2.24, 2.45) is 0 Å². The molecule has 0 aliphatic carbocycles. The van der Waals surface area contributed by atoms with Crippen molar-refractivity contribution in [2.45, 2.75) is 40.5 Å². The SMILES string of the molecule is CCCN(CCC)c1nccc(C(=O)Nc2c(C)cccc2C)n1. The highest BCUT2D eigenvalue weighted by molar-refractivity contribution is 6.03. The van der Waals surface area contributed by atoms with Crippen molar-refractivity contribution < 1.29 is 4.79 Å². The number of nitrogens with zero attached hydrogens (tertiary/aromatic N) is 3. The van der Waals surface area contributed by atoms with Gasteiger partial charge in [0.05, 0.1) is 0 Å². The van der Waals surface area contributed by atoms with Gasteiger partial charge < -0.3 is 10.2 Å². The molecule has 0 saturated carbocycles. The van der Waals surface area contributed by atoms with Crippen molar-refractivity contribution in [2.75, 3.05) is 23.3 Å². The second kappa shape index (κ2) is 8.43. The van der Waals surface area contributed by atoms with E-state index in [1.54, 1.807) is 12.3 Å². The van der Waals surface area contributed by atoms with Gasteiger partial charge in [0.15, 0.2) is 0 Å². The number of nitrogens with one attached hydrogen (secondary N) is 1. The van der Waals surface area contributed by atoms with Gasteiger partial charge in [-0.25, -0.2) is 9.97 Å². The minimum atomic E-state index is -0.205. The molecule has 1 aromatic heterocycles. The molecule has 2 rings (SSSR count). The molecule has 1 N–H and O–H groups in total. The van der Waals surface area contributed by atoms with Gasteiger partial charge in [0.2, 0.25) is 5.95 Å². The summed E-state index contributed by atoms with van der Waals surface area (Å²) in [5.74, 6) is 0.414. The van der Waals surface area contributed by atoms with Gasteiger partial charge in [-0.3, -0.25) is 4.79 Å².